The Bertz CT molecular complexity index is 582. The van der Waals surface area contributed by atoms with E-state index in [-0.39, 0.29) is 11.2 Å². The number of benzene rings is 1. The van der Waals surface area contributed by atoms with Gasteiger partial charge in [-0.05, 0) is 37.6 Å². The van der Waals surface area contributed by atoms with Crippen molar-refractivity contribution < 1.29 is 4.39 Å². The molecule has 3 rings (SSSR count). The van der Waals surface area contributed by atoms with Gasteiger partial charge in [-0.15, -0.1) is 0 Å². The Morgan fingerprint density at radius 1 is 1.44 bits per heavy atom. The van der Waals surface area contributed by atoms with Crippen molar-refractivity contribution >= 4 is 11.0 Å². The van der Waals surface area contributed by atoms with Gasteiger partial charge >= 0.3 is 0 Å². The van der Waals surface area contributed by atoms with Crippen LogP contribution < -0.4 is 5.32 Å². The van der Waals surface area contributed by atoms with Gasteiger partial charge in [0.15, 0.2) is 0 Å². The van der Waals surface area contributed by atoms with Gasteiger partial charge in [-0.2, -0.15) is 0 Å². The van der Waals surface area contributed by atoms with Crippen LogP contribution in [0, 0.1) is 5.82 Å². The normalized spacial score (nSPS) is 24.6. The van der Waals surface area contributed by atoms with Gasteiger partial charge in [0.25, 0.3) is 0 Å². The lowest BCUT2D eigenvalue weighted by molar-refractivity contribution is 0.318. The van der Waals surface area contributed by atoms with E-state index in [1.54, 1.807) is 12.1 Å². The zero-order valence-electron chi connectivity index (χ0n) is 10.8. The van der Waals surface area contributed by atoms with Crippen molar-refractivity contribution in [3.05, 3.63) is 29.8 Å². The Hall–Kier alpha value is -1.42. The summed E-state index contributed by atoms with van der Waals surface area (Å²) in [5.74, 6) is 0.847. The number of nitrogens with one attached hydrogen (secondary N) is 1. The van der Waals surface area contributed by atoms with Gasteiger partial charge in [0.05, 0.1) is 11.0 Å². The number of nitrogens with zero attached hydrogens (tertiary/aromatic N) is 2. The summed E-state index contributed by atoms with van der Waals surface area (Å²) in [4.78, 5) is 4.71. The van der Waals surface area contributed by atoms with E-state index >= 15 is 0 Å². The van der Waals surface area contributed by atoms with E-state index < -0.39 is 0 Å². The molecule has 1 N–H and O–H groups in total. The maximum absolute atomic E-state index is 13.3. The molecule has 0 spiro atoms. The number of fused-ring (bicyclic) bond motifs is 1. The summed E-state index contributed by atoms with van der Waals surface area (Å²) < 4.78 is 15.3. The summed E-state index contributed by atoms with van der Waals surface area (Å²) >= 11 is 0. The van der Waals surface area contributed by atoms with Crippen molar-refractivity contribution in [3.63, 3.8) is 0 Å². The molecular formula is C14H18FN3. The smallest absolute Gasteiger partial charge is 0.125 e. The number of halogens is 1. The average molecular weight is 247 g/mol. The molecule has 1 saturated heterocycles. The lowest BCUT2D eigenvalue weighted by Gasteiger charge is -2.33. The molecule has 1 aliphatic heterocycles. The first-order chi connectivity index (χ1) is 8.60. The van der Waals surface area contributed by atoms with E-state index in [9.17, 15) is 4.39 Å². The van der Waals surface area contributed by atoms with Crippen LogP contribution in [0.25, 0.3) is 11.0 Å². The van der Waals surface area contributed by atoms with Gasteiger partial charge in [-0.3, -0.25) is 0 Å². The van der Waals surface area contributed by atoms with Crippen molar-refractivity contribution in [2.75, 3.05) is 13.1 Å². The van der Waals surface area contributed by atoms with E-state index in [2.05, 4.69) is 12.2 Å². The SMILES string of the molecule is Cn1c(C2(C)CCCNC2)nc2ccc(F)cc21. The highest BCUT2D eigenvalue weighted by molar-refractivity contribution is 5.76. The molecule has 1 aromatic heterocycles. The molecule has 4 heteroatoms. The summed E-state index contributed by atoms with van der Waals surface area (Å²) in [5.41, 5.74) is 1.79. The minimum absolute atomic E-state index is 0.0441. The van der Waals surface area contributed by atoms with E-state index in [0.29, 0.717) is 0 Å². The summed E-state index contributed by atoms with van der Waals surface area (Å²) in [5, 5.41) is 3.43. The van der Waals surface area contributed by atoms with Crippen LogP contribution in [0.4, 0.5) is 4.39 Å². The van der Waals surface area contributed by atoms with E-state index in [0.717, 1.165) is 42.8 Å². The Morgan fingerprint density at radius 2 is 2.28 bits per heavy atom. The topological polar surface area (TPSA) is 29.9 Å². The quantitative estimate of drug-likeness (QED) is 0.838. The van der Waals surface area contributed by atoms with E-state index in [1.807, 2.05) is 11.6 Å². The van der Waals surface area contributed by atoms with Gasteiger partial charge in [0.1, 0.15) is 11.6 Å². The second-order valence-electron chi connectivity index (χ2n) is 5.47. The molecule has 96 valence electrons. The number of rotatable bonds is 1. The van der Waals surface area contributed by atoms with E-state index in [1.165, 1.54) is 6.07 Å². The van der Waals surface area contributed by atoms with Crippen molar-refractivity contribution in [1.82, 2.24) is 14.9 Å². The molecule has 1 atom stereocenters. The second-order valence-corrected chi connectivity index (χ2v) is 5.47. The molecule has 0 bridgehead atoms. The number of aryl methyl sites for hydroxylation is 1. The zero-order valence-corrected chi connectivity index (χ0v) is 10.8. The largest absolute Gasteiger partial charge is 0.331 e. The molecular weight excluding hydrogens is 229 g/mol. The van der Waals surface area contributed by atoms with Gasteiger partial charge in [0.2, 0.25) is 0 Å². The fourth-order valence-corrected chi connectivity index (χ4v) is 2.95. The molecule has 18 heavy (non-hydrogen) atoms. The number of aromatic nitrogens is 2. The highest BCUT2D eigenvalue weighted by atomic mass is 19.1. The summed E-state index contributed by atoms with van der Waals surface area (Å²) in [6, 6.07) is 4.79. The number of imidazole rings is 1. The Morgan fingerprint density at radius 3 is 3.00 bits per heavy atom. The van der Waals surface area contributed by atoms with Crippen LogP contribution >= 0.6 is 0 Å². The number of hydrogen-bond acceptors (Lipinski definition) is 2. The third-order valence-corrected chi connectivity index (χ3v) is 3.98. The predicted octanol–water partition coefficient (Wildman–Crippen LogP) is 2.35. The minimum Gasteiger partial charge on any atom is -0.331 e. The number of piperidine rings is 1. The Labute approximate surface area is 106 Å². The molecule has 1 aliphatic rings. The maximum Gasteiger partial charge on any atom is 0.125 e. The fourth-order valence-electron chi connectivity index (χ4n) is 2.95. The zero-order chi connectivity index (χ0) is 12.8. The monoisotopic (exact) mass is 247 g/mol. The summed E-state index contributed by atoms with van der Waals surface area (Å²) in [6.45, 7) is 4.25. The number of hydrogen-bond donors (Lipinski definition) is 1. The summed E-state index contributed by atoms with van der Waals surface area (Å²) in [7, 11) is 1.98. The molecule has 1 fully saturated rings. The van der Waals surface area contributed by atoms with Crippen LogP contribution in [-0.4, -0.2) is 22.6 Å². The maximum atomic E-state index is 13.3. The van der Waals surface area contributed by atoms with Crippen molar-refractivity contribution in [2.24, 2.45) is 7.05 Å². The standard InChI is InChI=1S/C14H18FN3/c1-14(6-3-7-16-9-14)13-17-11-5-4-10(15)8-12(11)18(13)2/h4-5,8,16H,3,6-7,9H2,1-2H3. The molecule has 1 unspecified atom stereocenters. The molecule has 0 amide bonds. The van der Waals surface area contributed by atoms with Gasteiger partial charge in [-0.25, -0.2) is 9.37 Å². The van der Waals surface area contributed by atoms with Crippen molar-refractivity contribution in [1.29, 1.82) is 0 Å². The molecule has 0 saturated carbocycles. The van der Waals surface area contributed by atoms with Crippen LogP contribution in [0.3, 0.4) is 0 Å². The minimum atomic E-state index is -0.205. The lowest BCUT2D eigenvalue weighted by atomic mass is 9.82. The average Bonchev–Trinajstić information content (AvgIpc) is 2.68. The summed E-state index contributed by atoms with van der Waals surface area (Å²) in [6.07, 6.45) is 2.29. The third-order valence-electron chi connectivity index (χ3n) is 3.98. The van der Waals surface area contributed by atoms with Gasteiger partial charge in [-0.1, -0.05) is 6.92 Å². The van der Waals surface area contributed by atoms with Crippen LogP contribution in [0.1, 0.15) is 25.6 Å². The Balaban J connectivity index is 2.14. The van der Waals surface area contributed by atoms with Crippen molar-refractivity contribution in [3.8, 4) is 0 Å². The van der Waals surface area contributed by atoms with Gasteiger partial charge in [0, 0.05) is 19.0 Å². The molecule has 3 nitrogen and oxygen atoms in total. The first kappa shape index (κ1) is 11.7. The highest BCUT2D eigenvalue weighted by Gasteiger charge is 2.33. The second kappa shape index (κ2) is 4.05. The van der Waals surface area contributed by atoms with Crippen LogP contribution in [0.15, 0.2) is 18.2 Å². The van der Waals surface area contributed by atoms with Crippen LogP contribution in [-0.2, 0) is 12.5 Å². The van der Waals surface area contributed by atoms with Crippen molar-refractivity contribution in [2.45, 2.75) is 25.2 Å². The van der Waals surface area contributed by atoms with Crippen LogP contribution in [0.5, 0.6) is 0 Å². The lowest BCUT2D eigenvalue weighted by Crippen LogP contribution is -2.42. The first-order valence-electron chi connectivity index (χ1n) is 6.43. The molecule has 1 aromatic carbocycles. The van der Waals surface area contributed by atoms with Crippen LogP contribution in [0.2, 0.25) is 0 Å². The molecule has 2 aromatic rings. The highest BCUT2D eigenvalue weighted by Crippen LogP contribution is 2.31. The van der Waals surface area contributed by atoms with Gasteiger partial charge < -0.3 is 9.88 Å². The molecule has 0 radical (unpaired) electrons. The van der Waals surface area contributed by atoms with E-state index in [4.69, 9.17) is 4.98 Å². The third kappa shape index (κ3) is 1.72. The molecule has 0 aliphatic carbocycles. The fraction of sp³-hybridized carbons (Fsp3) is 0.500. The Kier molecular flexibility index (Phi) is 2.63. The predicted molar refractivity (Wildman–Crippen MR) is 70.1 cm³/mol. The molecule has 2 heterocycles. The first-order valence-corrected chi connectivity index (χ1v) is 6.43.